The number of hydrogen-bond acceptors (Lipinski definition) is 3. The van der Waals surface area contributed by atoms with Crippen molar-refractivity contribution in [3.8, 4) is 0 Å². The molecule has 4 nitrogen and oxygen atoms in total. The number of nitrogens with one attached hydrogen (secondary N) is 2. The predicted octanol–water partition coefficient (Wildman–Crippen LogP) is 1.48. The molecule has 4 heteroatoms. The lowest BCUT2D eigenvalue weighted by Gasteiger charge is -2.22. The van der Waals surface area contributed by atoms with Crippen molar-refractivity contribution < 1.29 is 9.53 Å². The monoisotopic (exact) mass is 254 g/mol. The van der Waals surface area contributed by atoms with Gasteiger partial charge in [-0.15, -0.1) is 0 Å². The first-order valence-corrected chi connectivity index (χ1v) is 6.88. The molecule has 1 fully saturated rings. The molecule has 0 aromatic rings. The van der Waals surface area contributed by atoms with Gasteiger partial charge in [0.1, 0.15) is 0 Å². The third kappa shape index (κ3) is 7.45. The minimum Gasteiger partial charge on any atom is -0.375 e. The highest BCUT2D eigenvalue weighted by Crippen LogP contribution is 2.17. The Morgan fingerprint density at radius 1 is 1.44 bits per heavy atom. The lowest BCUT2D eigenvalue weighted by Crippen LogP contribution is -2.30. The molecule has 18 heavy (non-hydrogen) atoms. The zero-order valence-corrected chi connectivity index (χ0v) is 11.5. The molecule has 0 aromatic heterocycles. The minimum atomic E-state index is 0.146. The molecule has 0 atom stereocenters. The van der Waals surface area contributed by atoms with Gasteiger partial charge in [0, 0.05) is 13.0 Å². The maximum absolute atomic E-state index is 11.6. The van der Waals surface area contributed by atoms with Crippen LogP contribution >= 0.6 is 0 Å². The lowest BCUT2D eigenvalue weighted by molar-refractivity contribution is -0.121. The second-order valence-corrected chi connectivity index (χ2v) is 5.09. The first-order valence-electron chi connectivity index (χ1n) is 6.88. The SMILES string of the molecule is C=C(C)COCCNC(=O)CCC1CCNCC1. The largest absolute Gasteiger partial charge is 0.375 e. The van der Waals surface area contributed by atoms with Crippen molar-refractivity contribution >= 4 is 5.91 Å². The van der Waals surface area contributed by atoms with Gasteiger partial charge in [0.2, 0.25) is 5.91 Å². The van der Waals surface area contributed by atoms with E-state index in [-0.39, 0.29) is 5.91 Å². The van der Waals surface area contributed by atoms with Crippen LogP contribution in [-0.4, -0.2) is 38.8 Å². The van der Waals surface area contributed by atoms with E-state index >= 15 is 0 Å². The molecule has 1 heterocycles. The second kappa shape index (κ2) is 9.11. The van der Waals surface area contributed by atoms with E-state index in [4.69, 9.17) is 4.74 Å². The summed E-state index contributed by atoms with van der Waals surface area (Å²) < 4.78 is 5.32. The van der Waals surface area contributed by atoms with Gasteiger partial charge in [0.05, 0.1) is 13.2 Å². The van der Waals surface area contributed by atoms with Crippen molar-refractivity contribution in [3.05, 3.63) is 12.2 Å². The molecule has 0 spiro atoms. The fourth-order valence-electron chi connectivity index (χ4n) is 2.10. The number of rotatable bonds is 8. The summed E-state index contributed by atoms with van der Waals surface area (Å²) in [5.74, 6) is 0.865. The van der Waals surface area contributed by atoms with Crippen molar-refractivity contribution in [2.75, 3.05) is 32.8 Å². The summed E-state index contributed by atoms with van der Waals surface area (Å²) in [5, 5.41) is 6.22. The third-order valence-electron chi connectivity index (χ3n) is 3.16. The van der Waals surface area contributed by atoms with Crippen LogP contribution in [0.5, 0.6) is 0 Å². The summed E-state index contributed by atoms with van der Waals surface area (Å²) in [6.07, 6.45) is 4.06. The van der Waals surface area contributed by atoms with Crippen molar-refractivity contribution in [1.82, 2.24) is 10.6 Å². The molecular weight excluding hydrogens is 228 g/mol. The fourth-order valence-corrected chi connectivity index (χ4v) is 2.10. The molecule has 1 rings (SSSR count). The fraction of sp³-hybridized carbons (Fsp3) is 0.786. The van der Waals surface area contributed by atoms with Crippen LogP contribution in [0.3, 0.4) is 0 Å². The molecule has 0 aromatic carbocycles. The smallest absolute Gasteiger partial charge is 0.220 e. The van der Waals surface area contributed by atoms with Gasteiger partial charge in [-0.05, 0) is 45.2 Å². The van der Waals surface area contributed by atoms with Crippen molar-refractivity contribution in [2.24, 2.45) is 5.92 Å². The van der Waals surface area contributed by atoms with Crippen molar-refractivity contribution in [3.63, 3.8) is 0 Å². The standard InChI is InChI=1S/C14H26N2O2/c1-12(2)11-18-10-9-16-14(17)4-3-13-5-7-15-8-6-13/h13,15H,1,3-11H2,2H3,(H,16,17). The molecule has 0 aliphatic carbocycles. The van der Waals surface area contributed by atoms with Crippen LogP contribution in [0.1, 0.15) is 32.6 Å². The molecule has 2 N–H and O–H groups in total. The van der Waals surface area contributed by atoms with E-state index in [0.717, 1.165) is 31.0 Å². The van der Waals surface area contributed by atoms with Gasteiger partial charge in [0.15, 0.2) is 0 Å². The topological polar surface area (TPSA) is 50.4 Å². The molecule has 1 aliphatic rings. The Labute approximate surface area is 110 Å². The number of hydrogen-bond donors (Lipinski definition) is 2. The zero-order chi connectivity index (χ0) is 13.2. The van der Waals surface area contributed by atoms with Gasteiger partial charge in [-0.25, -0.2) is 0 Å². The molecule has 0 unspecified atom stereocenters. The molecule has 1 aliphatic heterocycles. The summed E-state index contributed by atoms with van der Waals surface area (Å²) in [4.78, 5) is 11.6. The molecule has 0 bridgehead atoms. The van der Waals surface area contributed by atoms with Crippen LogP contribution in [0, 0.1) is 5.92 Å². The third-order valence-corrected chi connectivity index (χ3v) is 3.16. The van der Waals surface area contributed by atoms with Crippen molar-refractivity contribution in [2.45, 2.75) is 32.6 Å². The Kier molecular flexibility index (Phi) is 7.69. The van der Waals surface area contributed by atoms with Crippen LogP contribution in [0.25, 0.3) is 0 Å². The molecule has 0 radical (unpaired) electrons. The Bertz CT molecular complexity index is 261. The second-order valence-electron chi connectivity index (χ2n) is 5.09. The van der Waals surface area contributed by atoms with Crippen LogP contribution < -0.4 is 10.6 Å². The van der Waals surface area contributed by atoms with Crippen LogP contribution in [0.4, 0.5) is 0 Å². The van der Waals surface area contributed by atoms with E-state index in [9.17, 15) is 4.79 Å². The van der Waals surface area contributed by atoms with Crippen LogP contribution in [0.2, 0.25) is 0 Å². The van der Waals surface area contributed by atoms with E-state index in [1.54, 1.807) is 0 Å². The predicted molar refractivity (Wildman–Crippen MR) is 73.5 cm³/mol. The van der Waals surface area contributed by atoms with E-state index < -0.39 is 0 Å². The summed E-state index contributed by atoms with van der Waals surface area (Å²) in [6.45, 7) is 9.61. The first-order chi connectivity index (χ1) is 8.68. The zero-order valence-electron chi connectivity index (χ0n) is 11.5. The Hall–Kier alpha value is -0.870. The highest BCUT2D eigenvalue weighted by Gasteiger charge is 2.14. The maximum Gasteiger partial charge on any atom is 0.220 e. The summed E-state index contributed by atoms with van der Waals surface area (Å²) in [5.41, 5.74) is 1.01. The van der Waals surface area contributed by atoms with E-state index in [2.05, 4.69) is 17.2 Å². The van der Waals surface area contributed by atoms with Gasteiger partial charge < -0.3 is 15.4 Å². The summed E-state index contributed by atoms with van der Waals surface area (Å²) in [7, 11) is 0. The van der Waals surface area contributed by atoms with Crippen LogP contribution in [0.15, 0.2) is 12.2 Å². The summed E-state index contributed by atoms with van der Waals surface area (Å²) in [6, 6.07) is 0. The Morgan fingerprint density at radius 2 is 2.17 bits per heavy atom. The minimum absolute atomic E-state index is 0.146. The molecule has 1 amide bonds. The van der Waals surface area contributed by atoms with E-state index in [1.807, 2.05) is 6.92 Å². The van der Waals surface area contributed by atoms with Crippen LogP contribution in [-0.2, 0) is 9.53 Å². The van der Waals surface area contributed by atoms with Gasteiger partial charge in [-0.2, -0.15) is 0 Å². The summed E-state index contributed by atoms with van der Waals surface area (Å²) >= 11 is 0. The number of amides is 1. The van der Waals surface area contributed by atoms with Gasteiger partial charge >= 0.3 is 0 Å². The Morgan fingerprint density at radius 3 is 2.83 bits per heavy atom. The average molecular weight is 254 g/mol. The quantitative estimate of drug-likeness (QED) is 0.509. The highest BCUT2D eigenvalue weighted by atomic mass is 16.5. The molecule has 104 valence electrons. The maximum atomic E-state index is 11.6. The number of ether oxygens (including phenoxy) is 1. The van der Waals surface area contributed by atoms with Crippen molar-refractivity contribution in [1.29, 1.82) is 0 Å². The highest BCUT2D eigenvalue weighted by molar-refractivity contribution is 5.75. The molecule has 1 saturated heterocycles. The number of piperidine rings is 1. The van der Waals surface area contributed by atoms with Gasteiger partial charge in [0.25, 0.3) is 0 Å². The van der Waals surface area contributed by atoms with E-state index in [0.29, 0.717) is 26.2 Å². The van der Waals surface area contributed by atoms with Gasteiger partial charge in [-0.3, -0.25) is 4.79 Å². The van der Waals surface area contributed by atoms with Gasteiger partial charge in [-0.1, -0.05) is 12.2 Å². The number of carbonyl (C=O) groups is 1. The Balaban J connectivity index is 1.94. The number of carbonyl (C=O) groups excluding carboxylic acids is 1. The first kappa shape index (κ1) is 15.2. The molecular formula is C14H26N2O2. The average Bonchev–Trinajstić information content (AvgIpc) is 2.37. The lowest BCUT2D eigenvalue weighted by atomic mass is 9.93. The normalized spacial score (nSPS) is 16.5. The van der Waals surface area contributed by atoms with E-state index in [1.165, 1.54) is 12.8 Å². The molecule has 0 saturated carbocycles.